The molecule has 0 fully saturated rings. The molecular weight excluding hydrogens is 494 g/mol. The van der Waals surface area contributed by atoms with E-state index in [0.717, 1.165) is 0 Å². The molecule has 0 spiro atoms. The average molecular weight is 496 g/mol. The van der Waals surface area contributed by atoms with Crippen molar-refractivity contribution in [2.75, 3.05) is 0 Å². The van der Waals surface area contributed by atoms with E-state index in [1.165, 1.54) is 0 Å². The van der Waals surface area contributed by atoms with Crippen LogP contribution in [0.5, 0.6) is 0 Å². The molecule has 0 aliphatic rings. The first-order valence-electron chi connectivity index (χ1n) is 4.77. The number of carbonyl (C=O) groups is 2. The molecule has 0 rings (SSSR count). The molecule has 28 heavy (non-hydrogen) atoms. The number of rotatable bonds is 4. The first-order valence-corrected chi connectivity index (χ1v) is 7.65. The summed E-state index contributed by atoms with van der Waals surface area (Å²) in [6, 6.07) is 0. The second kappa shape index (κ2) is 10.5. The number of aliphatic carboxylic acids is 2. The number of alkyl halides is 8. The summed E-state index contributed by atoms with van der Waals surface area (Å²) in [4.78, 5) is 19.1. The van der Waals surface area contributed by atoms with Gasteiger partial charge in [0.25, 0.3) is 0 Å². The van der Waals surface area contributed by atoms with Crippen LogP contribution in [0.2, 0.25) is 0 Å². The van der Waals surface area contributed by atoms with Crippen molar-refractivity contribution in [2.45, 2.75) is 22.4 Å². The van der Waals surface area contributed by atoms with Crippen molar-refractivity contribution in [1.82, 2.24) is 0 Å². The summed E-state index contributed by atoms with van der Waals surface area (Å²) in [7, 11) is -13.0. The van der Waals surface area contributed by atoms with Crippen LogP contribution in [-0.2, 0) is 29.8 Å². The minimum atomic E-state index is -6.48. The van der Waals surface area contributed by atoms with Crippen molar-refractivity contribution < 1.29 is 140 Å². The molecular formula is C6H2F8Na2O10S2. The van der Waals surface area contributed by atoms with Crippen molar-refractivity contribution in [1.29, 1.82) is 0 Å². The molecule has 0 aromatic rings. The first kappa shape index (κ1) is 35.6. The fourth-order valence-corrected chi connectivity index (χ4v) is 1.74. The molecule has 0 saturated heterocycles. The fourth-order valence-electron chi connectivity index (χ4n) is 0.735. The Morgan fingerprint density at radius 3 is 0.750 bits per heavy atom. The molecule has 0 aromatic carbocycles. The van der Waals surface area contributed by atoms with Crippen molar-refractivity contribution in [3.05, 3.63) is 0 Å². The number of carboxylic acids is 2. The summed E-state index contributed by atoms with van der Waals surface area (Å²) in [5.74, 6) is -7.19. The van der Waals surface area contributed by atoms with Crippen LogP contribution in [0.25, 0.3) is 0 Å². The molecule has 0 aromatic heterocycles. The molecule has 2 unspecified atom stereocenters. The zero-order valence-corrected chi connectivity index (χ0v) is 18.6. The van der Waals surface area contributed by atoms with E-state index in [1.807, 2.05) is 0 Å². The van der Waals surface area contributed by atoms with Gasteiger partial charge < -0.3 is 19.8 Å². The summed E-state index contributed by atoms with van der Waals surface area (Å²) in [6.07, 6.45) is -12.6. The van der Waals surface area contributed by atoms with Crippen LogP contribution < -0.4 is 69.3 Å². The predicted octanol–water partition coefficient (Wildman–Crippen LogP) is -8.29. The van der Waals surface area contributed by atoms with E-state index in [0.29, 0.717) is 0 Å². The standard InChI is InChI=1S/2C3H2F4O5S.2Na/c2*4-2(1(8)9,3(5,6)7)13(10,11)12;;/h2*(H,8,9)(H,10,11,12);;/q;;2*+1/p-2. The molecule has 0 amide bonds. The number of hydrogen-bond acceptors (Lipinski definition) is 8. The van der Waals surface area contributed by atoms with E-state index in [1.54, 1.807) is 0 Å². The monoisotopic (exact) mass is 496 g/mol. The second-order valence-electron chi connectivity index (χ2n) is 3.71. The third kappa shape index (κ3) is 7.16. The number of carboxylic acid groups (broad SMARTS) is 2. The normalized spacial score (nSPS) is 16.6. The van der Waals surface area contributed by atoms with Crippen LogP contribution in [-0.4, -0.2) is 60.2 Å². The molecule has 22 heteroatoms. The van der Waals surface area contributed by atoms with E-state index in [9.17, 15) is 71.8 Å². The van der Waals surface area contributed by atoms with Gasteiger partial charge in [0.2, 0.25) is 0 Å². The molecule has 0 aliphatic carbocycles. The Morgan fingerprint density at radius 2 is 0.750 bits per heavy atom. The van der Waals surface area contributed by atoms with E-state index in [4.69, 9.17) is 9.11 Å². The number of hydrogen-bond donors (Lipinski definition) is 2. The molecule has 2 atom stereocenters. The summed E-state index contributed by atoms with van der Waals surface area (Å²) >= 11 is 0. The number of carbonyl (C=O) groups excluding carboxylic acids is 2. The van der Waals surface area contributed by atoms with Crippen LogP contribution in [0.15, 0.2) is 0 Å². The Morgan fingerprint density at radius 1 is 0.607 bits per heavy atom. The molecule has 2 N–H and O–H groups in total. The Labute approximate surface area is 193 Å². The maximum atomic E-state index is 12.3. The first-order chi connectivity index (χ1) is 10.9. The van der Waals surface area contributed by atoms with Gasteiger partial charge in [-0.1, -0.05) is 0 Å². The molecule has 0 saturated carbocycles. The maximum Gasteiger partial charge on any atom is 1.00 e. The Balaban J connectivity index is -0.000000192. The second-order valence-corrected chi connectivity index (χ2v) is 6.74. The van der Waals surface area contributed by atoms with Gasteiger partial charge in [0.15, 0.2) is 0 Å². The number of halogens is 8. The molecule has 0 heterocycles. The summed E-state index contributed by atoms with van der Waals surface area (Å²) in [5.41, 5.74) is 0. The van der Waals surface area contributed by atoms with E-state index < -0.39 is 54.5 Å². The predicted molar refractivity (Wildman–Crippen MR) is 52.9 cm³/mol. The van der Waals surface area contributed by atoms with E-state index in [2.05, 4.69) is 0 Å². The smallest absolute Gasteiger partial charge is 0.545 e. The van der Waals surface area contributed by atoms with Gasteiger partial charge in [-0.05, 0) is 0 Å². The van der Waals surface area contributed by atoms with Gasteiger partial charge in [-0.15, -0.1) is 0 Å². The van der Waals surface area contributed by atoms with Gasteiger partial charge in [0.1, 0.15) is 11.9 Å². The van der Waals surface area contributed by atoms with Crippen molar-refractivity contribution in [2.24, 2.45) is 0 Å². The third-order valence-electron chi connectivity index (χ3n) is 1.97. The molecule has 0 bridgehead atoms. The summed E-state index contributed by atoms with van der Waals surface area (Å²) < 4.78 is 148. The quantitative estimate of drug-likeness (QED) is 0.215. The van der Waals surface area contributed by atoms with E-state index >= 15 is 0 Å². The van der Waals surface area contributed by atoms with Crippen molar-refractivity contribution in [3.8, 4) is 0 Å². The maximum absolute atomic E-state index is 12.3. The Bertz CT molecular complexity index is 711. The fraction of sp³-hybridized carbons (Fsp3) is 0.667. The van der Waals surface area contributed by atoms with Gasteiger partial charge in [0.05, 0.1) is 0 Å². The minimum Gasteiger partial charge on any atom is -0.545 e. The van der Waals surface area contributed by atoms with Crippen LogP contribution in [0.4, 0.5) is 35.1 Å². The topological polar surface area (TPSA) is 189 Å². The summed E-state index contributed by atoms with van der Waals surface area (Å²) in [6.45, 7) is 0. The SMILES string of the molecule is O=C([O-])C(F)(C(F)(F)F)S(=O)(=O)O.O=C([O-])C(F)(C(F)(F)F)S(=O)(=O)O.[Na+].[Na+]. The minimum absolute atomic E-state index is 0. The molecule has 10 nitrogen and oxygen atoms in total. The zero-order chi connectivity index (χ0) is 22.2. The summed E-state index contributed by atoms with van der Waals surface area (Å²) in [5, 5.41) is 7.56. The molecule has 0 aliphatic heterocycles. The van der Waals surface area contributed by atoms with Gasteiger partial charge in [-0.25, -0.2) is 8.78 Å². The Kier molecular flexibility index (Phi) is 13.3. The van der Waals surface area contributed by atoms with Crippen molar-refractivity contribution in [3.63, 3.8) is 0 Å². The zero-order valence-electron chi connectivity index (χ0n) is 13.0. The average Bonchev–Trinajstić information content (AvgIpc) is 2.31. The Hall–Kier alpha value is 0.200. The van der Waals surface area contributed by atoms with Crippen LogP contribution in [0, 0.1) is 0 Å². The van der Waals surface area contributed by atoms with Gasteiger partial charge in [-0.3, -0.25) is 9.11 Å². The van der Waals surface area contributed by atoms with Crippen LogP contribution in [0.3, 0.4) is 0 Å². The van der Waals surface area contributed by atoms with Gasteiger partial charge in [-0.2, -0.15) is 43.2 Å². The molecule has 0 radical (unpaired) electrons. The van der Waals surface area contributed by atoms with Crippen LogP contribution in [0.1, 0.15) is 0 Å². The molecule has 156 valence electrons. The van der Waals surface area contributed by atoms with Crippen molar-refractivity contribution >= 4 is 32.2 Å². The van der Waals surface area contributed by atoms with Gasteiger partial charge >= 0.3 is 102 Å². The largest absolute Gasteiger partial charge is 1.00 e. The van der Waals surface area contributed by atoms with E-state index in [-0.39, 0.29) is 59.1 Å². The third-order valence-corrected chi connectivity index (χ3v) is 4.18. The van der Waals surface area contributed by atoms with Gasteiger partial charge in [0, 0.05) is 0 Å². The van der Waals surface area contributed by atoms with Crippen LogP contribution >= 0.6 is 0 Å².